The minimum atomic E-state index is 0.0664. The van der Waals surface area contributed by atoms with Crippen LogP contribution in [0.4, 0.5) is 0 Å². The van der Waals surface area contributed by atoms with Crippen LogP contribution in [0.2, 0.25) is 0 Å². The van der Waals surface area contributed by atoms with Crippen molar-refractivity contribution in [3.63, 3.8) is 0 Å². The van der Waals surface area contributed by atoms with Gasteiger partial charge in [-0.1, -0.05) is 30.3 Å². The number of aryl methyl sites for hydroxylation is 2. The molecule has 24 heavy (non-hydrogen) atoms. The van der Waals surface area contributed by atoms with Crippen molar-refractivity contribution in [3.8, 4) is 5.75 Å². The Morgan fingerprint density at radius 2 is 1.83 bits per heavy atom. The molecule has 0 aliphatic heterocycles. The summed E-state index contributed by atoms with van der Waals surface area (Å²) in [6.45, 7) is 4.72. The van der Waals surface area contributed by atoms with Crippen LogP contribution in [-0.2, 0) is 13.0 Å². The summed E-state index contributed by atoms with van der Waals surface area (Å²) >= 11 is 0. The monoisotopic (exact) mass is 321 g/mol. The van der Waals surface area contributed by atoms with Crippen molar-refractivity contribution in [1.29, 1.82) is 0 Å². The average Bonchev–Trinajstić information content (AvgIpc) is 2.57. The molecule has 0 N–H and O–H groups in total. The van der Waals surface area contributed by atoms with Gasteiger partial charge in [0.2, 0.25) is 0 Å². The number of pyridine rings is 1. The second-order valence-electron chi connectivity index (χ2n) is 6.32. The molecular weight excluding hydrogens is 298 g/mol. The van der Waals surface area contributed by atoms with Gasteiger partial charge in [-0.3, -0.25) is 4.79 Å². The van der Waals surface area contributed by atoms with E-state index in [0.717, 1.165) is 35.9 Å². The zero-order valence-electron chi connectivity index (χ0n) is 14.2. The molecule has 0 saturated carbocycles. The molecule has 3 rings (SSSR count). The number of hydrogen-bond donors (Lipinski definition) is 0. The highest BCUT2D eigenvalue weighted by atomic mass is 16.5. The fraction of sp³-hybridized carbons (Fsp3) is 0.286. The smallest absolute Gasteiger partial charge is 0.258 e. The Bertz CT molecular complexity index is 866. The molecule has 1 heterocycles. The maximum absolute atomic E-state index is 12.6. The summed E-state index contributed by atoms with van der Waals surface area (Å²) in [5.74, 6) is 0.804. The number of aromatic nitrogens is 1. The van der Waals surface area contributed by atoms with Gasteiger partial charge in [-0.15, -0.1) is 0 Å². The third-order valence-electron chi connectivity index (χ3n) is 4.03. The highest BCUT2D eigenvalue weighted by molar-refractivity contribution is 5.82. The van der Waals surface area contributed by atoms with Crippen LogP contribution in [0.3, 0.4) is 0 Å². The van der Waals surface area contributed by atoms with Crippen LogP contribution in [-0.4, -0.2) is 10.7 Å². The molecule has 0 aliphatic carbocycles. The van der Waals surface area contributed by atoms with Gasteiger partial charge in [0, 0.05) is 18.1 Å². The van der Waals surface area contributed by atoms with E-state index in [-0.39, 0.29) is 11.7 Å². The van der Waals surface area contributed by atoms with Crippen LogP contribution >= 0.6 is 0 Å². The molecule has 0 radical (unpaired) electrons. The Morgan fingerprint density at radius 3 is 2.58 bits per heavy atom. The van der Waals surface area contributed by atoms with Crippen LogP contribution in [0.1, 0.15) is 25.8 Å². The molecule has 3 nitrogen and oxygen atoms in total. The number of nitrogens with zero attached hydrogens (tertiary/aromatic N) is 1. The quantitative estimate of drug-likeness (QED) is 0.673. The van der Waals surface area contributed by atoms with Crippen molar-refractivity contribution in [2.75, 3.05) is 0 Å². The first-order valence-electron chi connectivity index (χ1n) is 8.47. The predicted octanol–water partition coefficient (Wildman–Crippen LogP) is 4.42. The molecule has 3 heteroatoms. The summed E-state index contributed by atoms with van der Waals surface area (Å²) in [5.41, 5.74) is 1.37. The number of benzene rings is 2. The van der Waals surface area contributed by atoms with Crippen LogP contribution in [0.25, 0.3) is 10.8 Å². The number of fused-ring (bicyclic) bond motifs is 1. The summed E-state index contributed by atoms with van der Waals surface area (Å²) < 4.78 is 7.50. The van der Waals surface area contributed by atoms with Crippen molar-refractivity contribution < 1.29 is 4.74 Å². The molecule has 0 fully saturated rings. The predicted molar refractivity (Wildman–Crippen MR) is 98.7 cm³/mol. The van der Waals surface area contributed by atoms with Crippen molar-refractivity contribution in [3.05, 3.63) is 76.7 Å². The summed E-state index contributed by atoms with van der Waals surface area (Å²) in [6, 6.07) is 18.0. The Kier molecular flexibility index (Phi) is 4.99. The lowest BCUT2D eigenvalue weighted by atomic mass is 10.1. The summed E-state index contributed by atoms with van der Waals surface area (Å²) in [7, 11) is 0. The normalized spacial score (nSPS) is 11.1. The molecule has 0 unspecified atom stereocenters. The molecule has 0 saturated heterocycles. The van der Waals surface area contributed by atoms with E-state index in [0.29, 0.717) is 0 Å². The van der Waals surface area contributed by atoms with Gasteiger partial charge < -0.3 is 9.30 Å². The fourth-order valence-corrected chi connectivity index (χ4v) is 2.89. The summed E-state index contributed by atoms with van der Waals surface area (Å²) in [4.78, 5) is 12.6. The second kappa shape index (κ2) is 7.35. The van der Waals surface area contributed by atoms with E-state index in [1.807, 2.05) is 62.5 Å². The molecule has 124 valence electrons. The first kappa shape index (κ1) is 16.3. The minimum absolute atomic E-state index is 0.0664. The van der Waals surface area contributed by atoms with Gasteiger partial charge in [-0.2, -0.15) is 0 Å². The van der Waals surface area contributed by atoms with Gasteiger partial charge >= 0.3 is 0 Å². The van der Waals surface area contributed by atoms with E-state index in [1.165, 1.54) is 5.56 Å². The lowest BCUT2D eigenvalue weighted by molar-refractivity contribution is 0.243. The van der Waals surface area contributed by atoms with Crippen molar-refractivity contribution in [1.82, 2.24) is 4.57 Å². The van der Waals surface area contributed by atoms with E-state index in [1.54, 1.807) is 4.57 Å². The van der Waals surface area contributed by atoms with Crippen molar-refractivity contribution in [2.24, 2.45) is 0 Å². The minimum Gasteiger partial charge on any atom is -0.491 e. The molecule has 0 atom stereocenters. The van der Waals surface area contributed by atoms with E-state index in [9.17, 15) is 4.79 Å². The molecule has 1 aromatic heterocycles. The molecule has 0 aliphatic rings. The first-order chi connectivity index (χ1) is 11.6. The lowest BCUT2D eigenvalue weighted by Gasteiger charge is -2.11. The third-order valence-corrected chi connectivity index (χ3v) is 4.03. The maximum atomic E-state index is 12.6. The van der Waals surface area contributed by atoms with E-state index in [4.69, 9.17) is 4.74 Å². The van der Waals surface area contributed by atoms with Gasteiger partial charge in [-0.25, -0.2) is 0 Å². The van der Waals surface area contributed by atoms with Gasteiger partial charge in [0.1, 0.15) is 5.75 Å². The van der Waals surface area contributed by atoms with Crippen LogP contribution in [0.15, 0.2) is 65.6 Å². The fourth-order valence-electron chi connectivity index (χ4n) is 2.89. The largest absolute Gasteiger partial charge is 0.491 e. The van der Waals surface area contributed by atoms with Gasteiger partial charge in [0.15, 0.2) is 0 Å². The molecule has 3 aromatic rings. The zero-order chi connectivity index (χ0) is 16.9. The number of ether oxygens (including phenoxy) is 1. The van der Waals surface area contributed by atoms with Crippen LogP contribution in [0.5, 0.6) is 5.75 Å². The molecule has 0 spiro atoms. The Balaban J connectivity index is 1.75. The number of rotatable bonds is 6. The van der Waals surface area contributed by atoms with E-state index < -0.39 is 0 Å². The van der Waals surface area contributed by atoms with Crippen molar-refractivity contribution >= 4 is 10.8 Å². The van der Waals surface area contributed by atoms with Gasteiger partial charge in [0.25, 0.3) is 5.56 Å². The number of hydrogen-bond acceptors (Lipinski definition) is 2. The van der Waals surface area contributed by atoms with E-state index >= 15 is 0 Å². The Hall–Kier alpha value is -2.55. The zero-order valence-corrected chi connectivity index (χ0v) is 14.2. The topological polar surface area (TPSA) is 31.2 Å². The van der Waals surface area contributed by atoms with Gasteiger partial charge in [0.05, 0.1) is 6.10 Å². The van der Waals surface area contributed by atoms with Crippen LogP contribution < -0.4 is 10.3 Å². The maximum Gasteiger partial charge on any atom is 0.258 e. The molecule has 0 bridgehead atoms. The lowest BCUT2D eigenvalue weighted by Crippen LogP contribution is -2.19. The van der Waals surface area contributed by atoms with Crippen molar-refractivity contribution in [2.45, 2.75) is 39.3 Å². The molecule has 2 aromatic carbocycles. The first-order valence-corrected chi connectivity index (χ1v) is 8.47. The SMILES string of the molecule is CC(C)Oc1ccc2c(=O)n(CCCc3ccccc3)ccc2c1. The second-order valence-corrected chi connectivity index (χ2v) is 6.32. The molecular formula is C21H23NO2. The third kappa shape index (κ3) is 3.85. The summed E-state index contributed by atoms with van der Waals surface area (Å²) in [5, 5.41) is 1.67. The molecule has 0 amide bonds. The highest BCUT2D eigenvalue weighted by Crippen LogP contribution is 2.19. The standard InChI is InChI=1S/C21H23NO2/c1-16(2)24-19-10-11-20-18(15-19)12-14-22(21(20)23)13-6-9-17-7-4-3-5-8-17/h3-5,7-8,10-12,14-16H,6,9,13H2,1-2H3. The van der Waals surface area contributed by atoms with E-state index in [2.05, 4.69) is 12.1 Å². The summed E-state index contributed by atoms with van der Waals surface area (Å²) in [6.07, 6.45) is 3.94. The van der Waals surface area contributed by atoms with Gasteiger partial charge in [-0.05, 0) is 61.9 Å². The Labute approximate surface area is 142 Å². The average molecular weight is 321 g/mol. The highest BCUT2D eigenvalue weighted by Gasteiger charge is 2.05. The van der Waals surface area contributed by atoms with Crippen LogP contribution in [0, 0.1) is 0 Å². The Morgan fingerprint density at radius 1 is 1.04 bits per heavy atom.